The van der Waals surface area contributed by atoms with Crippen LogP contribution in [0.5, 0.6) is 0 Å². The molecule has 10 heterocycles. The fourth-order valence-corrected chi connectivity index (χ4v) is 57.3. The molecule has 6 aromatic rings. The number of aryl methyl sites for hydroxylation is 3. The maximum atomic E-state index is 13.0. The molecule has 21 nitrogen and oxygen atoms in total. The van der Waals surface area contributed by atoms with Gasteiger partial charge in [0, 0.05) is 82.6 Å². The van der Waals surface area contributed by atoms with Gasteiger partial charge in [-0.05, 0) is 176 Å². The monoisotopic (exact) mass is 2180 g/mol. The number of ether oxygens (including phenoxy) is 3. The Hall–Kier alpha value is -5.08. The molecular formula is C117H191BBrN3O18Si6. The van der Waals surface area contributed by atoms with E-state index in [2.05, 4.69) is 399 Å². The molecule has 0 aliphatic carbocycles. The first-order chi connectivity index (χ1) is 67.3. The molecule has 3 aromatic heterocycles. The largest absolute Gasteiger partial charge is 0.531 e. The molecule has 0 saturated carbocycles. The maximum Gasteiger partial charge on any atom is 0.531 e. The first kappa shape index (κ1) is 123. The number of fused-ring (bicyclic) bond motifs is 3. The third-order valence-corrected chi connectivity index (χ3v) is 67.1. The van der Waals surface area contributed by atoms with E-state index in [-0.39, 0.29) is 83.5 Å². The molecule has 3 aromatic carbocycles. The SMILES string of the molecule is CC(C)[Si](O[C@@H]1C=C(B2OC(C)(C)C(C)(C)O2)O[C@@H]2CO[Si](C(C)(C)C)(C(C)(C)C)O[C@@H]12)(C(C)C)C(C)C.CCc1ccc(Cn2cc(Br)ccc2=O)cc1.CCc1ccc(Cn2cc(C3=C[C@@H](O[Si](C(C)C)(C(C)C)C(C)C)[C@@H]4O[Si](C(C)(C)C)(C(C)(C)C)OC[C@H]4O3)ccc2=O)cc1.CCc1ccc(Cn2cc(C3O[C@@H]4CO[Si](C(C)(C)C)(C(C)(C)C)O[C@H]4[C@H](O[Si](C(C)C)(C(C)C)C(C)C)[C@H]3O)ccc2=O)cc1. The second-order valence-corrected chi connectivity index (χ2v) is 83.9. The van der Waals surface area contributed by atoms with Crippen molar-refractivity contribution in [1.82, 2.24) is 13.7 Å². The van der Waals surface area contributed by atoms with Gasteiger partial charge in [-0.1, -0.05) is 343 Å². The number of rotatable bonds is 27. The van der Waals surface area contributed by atoms with Crippen molar-refractivity contribution in [3.63, 3.8) is 0 Å². The number of benzene rings is 3. The number of aliphatic hydroxyl groups is 1. The number of halogens is 1. The van der Waals surface area contributed by atoms with Crippen LogP contribution in [0.1, 0.15) is 348 Å². The van der Waals surface area contributed by atoms with Crippen LogP contribution in [0.25, 0.3) is 5.76 Å². The molecule has 7 aliphatic rings. The summed E-state index contributed by atoms with van der Waals surface area (Å²) in [7, 11) is -16.0. The van der Waals surface area contributed by atoms with E-state index in [0.29, 0.717) is 95.0 Å². The zero-order chi connectivity index (χ0) is 109. The summed E-state index contributed by atoms with van der Waals surface area (Å²) in [5, 5.41) is 11.4. The van der Waals surface area contributed by atoms with Gasteiger partial charge in [0.05, 0.1) is 62.9 Å². The highest BCUT2D eigenvalue weighted by molar-refractivity contribution is 9.10. The summed E-state index contributed by atoms with van der Waals surface area (Å²) in [5.41, 5.74) is 12.0. The van der Waals surface area contributed by atoms with Crippen LogP contribution in [-0.2, 0) is 102 Å². The Labute approximate surface area is 895 Å². The first-order valence-electron chi connectivity index (χ1n) is 54.8. The van der Waals surface area contributed by atoms with Gasteiger partial charge in [0.1, 0.15) is 66.4 Å². The van der Waals surface area contributed by atoms with Crippen molar-refractivity contribution in [1.29, 1.82) is 0 Å². The highest BCUT2D eigenvalue weighted by atomic mass is 79.9. The van der Waals surface area contributed by atoms with Crippen molar-refractivity contribution in [2.75, 3.05) is 19.8 Å². The van der Waals surface area contributed by atoms with E-state index in [1.807, 2.05) is 24.7 Å². The first-order valence-corrected chi connectivity index (χ1v) is 67.5. The highest BCUT2D eigenvalue weighted by Gasteiger charge is 2.70. The van der Waals surface area contributed by atoms with Crippen LogP contribution in [-0.4, -0.2) is 169 Å². The number of aliphatic hydroxyl groups excluding tert-OH is 1. The second kappa shape index (κ2) is 47.3. The predicted octanol–water partition coefficient (Wildman–Crippen LogP) is 28.6. The summed E-state index contributed by atoms with van der Waals surface area (Å²) in [6.07, 6.45) is 7.94. The molecule has 0 amide bonds. The molecule has 0 spiro atoms. The van der Waals surface area contributed by atoms with E-state index in [4.69, 9.17) is 63.4 Å². The van der Waals surface area contributed by atoms with Crippen molar-refractivity contribution >= 4 is 79.4 Å². The molecular weight excluding hydrogens is 1990 g/mol. The Morgan fingerprint density at radius 1 is 0.390 bits per heavy atom. The number of hydrogen-bond donors (Lipinski definition) is 1. The summed E-state index contributed by atoms with van der Waals surface area (Å²) in [4.78, 5) is 37.7. The number of hydrogen-bond acceptors (Lipinski definition) is 18. The molecule has 816 valence electrons. The molecule has 11 atom stereocenters. The minimum absolute atomic E-state index is 0.0211. The van der Waals surface area contributed by atoms with Gasteiger partial charge in [-0.2, -0.15) is 0 Å². The van der Waals surface area contributed by atoms with Crippen LogP contribution in [0.15, 0.2) is 164 Å². The van der Waals surface area contributed by atoms with Crippen molar-refractivity contribution < 1.29 is 68.5 Å². The molecule has 146 heavy (non-hydrogen) atoms. The second-order valence-electron chi connectivity index (χ2n) is 52.5. The quantitative estimate of drug-likeness (QED) is 0.0474. The van der Waals surface area contributed by atoms with E-state index in [1.54, 1.807) is 44.0 Å². The Morgan fingerprint density at radius 3 is 1.04 bits per heavy atom. The lowest BCUT2D eigenvalue weighted by Crippen LogP contribution is -2.71. The normalized spacial score (nSPS) is 23.9. The fourth-order valence-electron chi connectivity index (χ4n) is 25.5. The van der Waals surface area contributed by atoms with E-state index in [0.717, 1.165) is 57.3 Å². The molecule has 5 fully saturated rings. The highest BCUT2D eigenvalue weighted by Crippen LogP contribution is 2.61. The third kappa shape index (κ3) is 25.7. The minimum atomic E-state index is -2.89. The van der Waals surface area contributed by atoms with Gasteiger partial charge in [-0.15, -0.1) is 0 Å². The van der Waals surface area contributed by atoms with Gasteiger partial charge in [0.15, 0.2) is 0 Å². The topological polar surface area (TPSA) is 215 Å². The molecule has 0 bridgehead atoms. The Morgan fingerprint density at radius 2 is 0.692 bits per heavy atom. The van der Waals surface area contributed by atoms with Crippen LogP contribution >= 0.6 is 15.9 Å². The van der Waals surface area contributed by atoms with E-state index in [1.165, 1.54) is 16.7 Å². The minimum Gasteiger partial charge on any atom is -0.493 e. The summed E-state index contributed by atoms with van der Waals surface area (Å²) in [6.45, 7) is 99.3. The lowest BCUT2D eigenvalue weighted by Gasteiger charge is -2.59. The van der Waals surface area contributed by atoms with Crippen molar-refractivity contribution in [3.05, 3.63) is 226 Å². The van der Waals surface area contributed by atoms with Crippen LogP contribution in [0.4, 0.5) is 0 Å². The van der Waals surface area contributed by atoms with Crippen molar-refractivity contribution in [3.8, 4) is 0 Å². The molecule has 1 N–H and O–H groups in total. The Kier molecular flexibility index (Phi) is 39.8. The lowest BCUT2D eigenvalue weighted by molar-refractivity contribution is -0.243. The van der Waals surface area contributed by atoms with Crippen LogP contribution in [0, 0.1) is 0 Å². The number of pyridine rings is 3. The van der Waals surface area contributed by atoms with E-state index in [9.17, 15) is 19.5 Å². The number of nitrogens with zero attached hydrogens (tertiary/aromatic N) is 3. The van der Waals surface area contributed by atoms with Gasteiger partial charge in [-0.25, -0.2) is 0 Å². The molecule has 5 saturated heterocycles. The summed E-state index contributed by atoms with van der Waals surface area (Å²) < 4.78 is 104. The van der Waals surface area contributed by atoms with Crippen molar-refractivity contribution in [2.45, 2.75) is 495 Å². The zero-order valence-electron chi connectivity index (χ0n) is 97.9. The van der Waals surface area contributed by atoms with Gasteiger partial charge in [0.2, 0.25) is 25.0 Å². The summed E-state index contributed by atoms with van der Waals surface area (Å²) in [6, 6.07) is 35.4. The summed E-state index contributed by atoms with van der Waals surface area (Å²) >= 11 is 3.37. The van der Waals surface area contributed by atoms with E-state index >= 15 is 0 Å². The van der Waals surface area contributed by atoms with Crippen LogP contribution < -0.4 is 16.7 Å². The van der Waals surface area contributed by atoms with E-state index < -0.39 is 99.5 Å². The molecule has 0 radical (unpaired) electrons. The molecule has 13 rings (SSSR count). The van der Waals surface area contributed by atoms with Crippen LogP contribution in [0.2, 0.25) is 80.1 Å². The average molecular weight is 2190 g/mol. The summed E-state index contributed by atoms with van der Waals surface area (Å²) in [5.74, 6) is 0.725. The maximum absolute atomic E-state index is 13.0. The third-order valence-electron chi connectivity index (χ3n) is 33.0. The molecule has 7 aliphatic heterocycles. The zero-order valence-corrected chi connectivity index (χ0v) is 105. The Balaban J connectivity index is 0.000000208. The Bertz CT molecular complexity index is 5410. The van der Waals surface area contributed by atoms with Gasteiger partial charge < -0.3 is 82.2 Å². The molecule has 1 unspecified atom stereocenters. The van der Waals surface area contributed by atoms with Gasteiger partial charge >= 0.3 is 32.8 Å². The standard InChI is InChI=1S/C37H61NO6Si2.C37H59NO5Si2.C29H57BO6Si2.C14H14BrNO/c1-14-27-15-17-28(18-16-27)21-38-22-29(19-20-31(38)39)33-32(40)35(43-45(24(2)3,25(4)5)26(6)7)34-30(42-33)23-41-46(44-34,36(8,9)10)37(11,12)13;1-14-28-15-17-29(18-16-28)22-38-23-30(19-20-34(38)39)31-21-32(42-44(25(2)3,26(4)5)27(6)7)35-33(41-31)24-40-45(43-35,36(8,9)10)37(11,12)13;1-19(2)37(20(3)4,21(5)6)33-22-17-24(30-35-28(13,14)29(15,16)36-30)32-23-18-31-38(26(7,8)9,27(10,11)12)34-25(22)23;1-2-11-3-5-12(6-4-11)9-16-10-13(15)7-8-14(16)17/h15-20,22,24-26,30,32-35,40H,14,21,23H2,1-13H3;15-21,23,25-27,32-33,35H,14,22,24H2,1-13H3;17,19-23,25H,18H2,1-16H3;3-8,10H,2,9H2,1H3/t30-,32+,33?,34-,35-;32-,33-,35+;22-,23-,25+;/m111./s1. The lowest BCUT2D eigenvalue weighted by atomic mass is 9.83. The van der Waals surface area contributed by atoms with Crippen LogP contribution in [0.3, 0.4) is 0 Å². The average Bonchev–Trinajstić information content (AvgIpc) is 0.873. The molecule has 29 heteroatoms. The number of aromatic nitrogens is 3. The van der Waals surface area contributed by atoms with Crippen molar-refractivity contribution in [2.24, 2.45) is 0 Å². The predicted molar refractivity (Wildman–Crippen MR) is 616 cm³/mol. The smallest absolute Gasteiger partial charge is 0.493 e. The van der Waals surface area contributed by atoms with Gasteiger partial charge in [-0.3, -0.25) is 14.4 Å². The van der Waals surface area contributed by atoms with Gasteiger partial charge in [0.25, 0.3) is 16.7 Å². The fraction of sp³-hybridized carbons (Fsp3) is 0.684.